The summed E-state index contributed by atoms with van der Waals surface area (Å²) >= 11 is 0. The summed E-state index contributed by atoms with van der Waals surface area (Å²) in [4.78, 5) is 33.4. The SMILES string of the molecule is CCOC(=O)C1CCN(c2ncnc(NCc3cccc(C(F)(F)F)c3)c2N=O)CC1. The second-order valence-corrected chi connectivity index (χ2v) is 7.05. The van der Waals surface area contributed by atoms with E-state index in [9.17, 15) is 22.9 Å². The van der Waals surface area contributed by atoms with Crippen molar-refractivity contribution >= 4 is 23.3 Å². The Hall–Kier alpha value is -3.24. The van der Waals surface area contributed by atoms with Gasteiger partial charge in [-0.25, -0.2) is 9.97 Å². The maximum atomic E-state index is 12.9. The van der Waals surface area contributed by atoms with Crippen molar-refractivity contribution in [2.45, 2.75) is 32.5 Å². The number of benzene rings is 1. The average molecular weight is 437 g/mol. The van der Waals surface area contributed by atoms with Gasteiger partial charge < -0.3 is 15.0 Å². The highest BCUT2D eigenvalue weighted by atomic mass is 19.4. The molecule has 0 aliphatic carbocycles. The first-order chi connectivity index (χ1) is 14.8. The first-order valence-corrected chi connectivity index (χ1v) is 9.83. The van der Waals surface area contributed by atoms with Gasteiger partial charge in [0.25, 0.3) is 0 Å². The van der Waals surface area contributed by atoms with Crippen molar-refractivity contribution in [1.82, 2.24) is 9.97 Å². The molecule has 31 heavy (non-hydrogen) atoms. The lowest BCUT2D eigenvalue weighted by atomic mass is 9.97. The van der Waals surface area contributed by atoms with Crippen molar-refractivity contribution in [3.8, 4) is 0 Å². The highest BCUT2D eigenvalue weighted by molar-refractivity contribution is 5.75. The Balaban J connectivity index is 1.71. The fourth-order valence-electron chi connectivity index (χ4n) is 3.44. The largest absolute Gasteiger partial charge is 0.466 e. The first kappa shape index (κ1) is 22.4. The van der Waals surface area contributed by atoms with Gasteiger partial charge in [0.1, 0.15) is 6.33 Å². The van der Waals surface area contributed by atoms with Crippen LogP contribution >= 0.6 is 0 Å². The number of esters is 1. The van der Waals surface area contributed by atoms with E-state index in [1.165, 1.54) is 12.4 Å². The van der Waals surface area contributed by atoms with E-state index in [0.717, 1.165) is 12.1 Å². The van der Waals surface area contributed by atoms with Crippen molar-refractivity contribution in [1.29, 1.82) is 0 Å². The van der Waals surface area contributed by atoms with Gasteiger partial charge in [0.2, 0.25) is 0 Å². The maximum absolute atomic E-state index is 12.9. The molecule has 166 valence electrons. The zero-order chi connectivity index (χ0) is 22.4. The molecule has 2 heterocycles. The predicted molar refractivity (Wildman–Crippen MR) is 108 cm³/mol. The van der Waals surface area contributed by atoms with Gasteiger partial charge in [-0.1, -0.05) is 12.1 Å². The second kappa shape index (κ2) is 9.71. The zero-order valence-corrected chi connectivity index (χ0v) is 16.9. The molecule has 0 radical (unpaired) electrons. The van der Waals surface area contributed by atoms with Crippen molar-refractivity contribution < 1.29 is 22.7 Å². The topological polar surface area (TPSA) is 96.8 Å². The maximum Gasteiger partial charge on any atom is 0.416 e. The van der Waals surface area contributed by atoms with Crippen LogP contribution in [0.15, 0.2) is 35.8 Å². The number of nitroso groups, excluding NO2 is 1. The molecule has 0 unspecified atom stereocenters. The molecule has 0 saturated carbocycles. The van der Waals surface area contributed by atoms with E-state index in [1.807, 2.05) is 4.90 Å². The molecule has 1 fully saturated rings. The van der Waals surface area contributed by atoms with Crippen LogP contribution in [-0.2, 0) is 22.3 Å². The third-order valence-corrected chi connectivity index (χ3v) is 5.02. The number of anilines is 2. The highest BCUT2D eigenvalue weighted by Gasteiger charge is 2.31. The Kier molecular flexibility index (Phi) is 7.03. The minimum absolute atomic E-state index is 0.0217. The number of piperidine rings is 1. The number of rotatable bonds is 7. The van der Waals surface area contributed by atoms with Crippen molar-refractivity contribution in [2.75, 3.05) is 29.9 Å². The number of aromatic nitrogens is 2. The van der Waals surface area contributed by atoms with Crippen LogP contribution in [0.25, 0.3) is 0 Å². The van der Waals surface area contributed by atoms with Crippen molar-refractivity contribution in [2.24, 2.45) is 11.1 Å². The molecule has 8 nitrogen and oxygen atoms in total. The van der Waals surface area contributed by atoms with Gasteiger partial charge >= 0.3 is 12.1 Å². The molecule has 0 atom stereocenters. The summed E-state index contributed by atoms with van der Waals surface area (Å²) < 4.78 is 43.7. The molecule has 1 aliphatic rings. The van der Waals surface area contributed by atoms with E-state index in [2.05, 4.69) is 20.5 Å². The van der Waals surface area contributed by atoms with Gasteiger partial charge in [-0.3, -0.25) is 4.79 Å². The molecule has 0 bridgehead atoms. The number of carbonyl (C=O) groups is 1. The van der Waals surface area contributed by atoms with E-state index in [1.54, 1.807) is 13.0 Å². The molecule has 0 spiro atoms. The van der Waals surface area contributed by atoms with Crippen LogP contribution in [-0.4, -0.2) is 35.6 Å². The predicted octanol–water partition coefficient (Wildman–Crippen LogP) is 4.28. The van der Waals surface area contributed by atoms with Gasteiger partial charge in [0.05, 0.1) is 18.1 Å². The van der Waals surface area contributed by atoms with E-state index >= 15 is 0 Å². The number of ether oxygens (including phenoxy) is 1. The van der Waals surface area contributed by atoms with Crippen LogP contribution in [0.4, 0.5) is 30.5 Å². The summed E-state index contributed by atoms with van der Waals surface area (Å²) in [6, 6.07) is 4.88. The van der Waals surface area contributed by atoms with Gasteiger partial charge in [-0.05, 0) is 42.6 Å². The molecule has 1 aliphatic heterocycles. The number of nitrogens with zero attached hydrogens (tertiary/aromatic N) is 4. The Labute approximate surface area is 176 Å². The molecular weight excluding hydrogens is 415 g/mol. The molecular formula is C20H22F3N5O3. The lowest BCUT2D eigenvalue weighted by molar-refractivity contribution is -0.148. The highest BCUT2D eigenvalue weighted by Crippen LogP contribution is 2.35. The molecule has 2 aromatic rings. The number of nitrogens with one attached hydrogen (secondary N) is 1. The fraction of sp³-hybridized carbons (Fsp3) is 0.450. The van der Waals surface area contributed by atoms with Gasteiger partial charge in [-0.15, -0.1) is 4.91 Å². The van der Waals surface area contributed by atoms with Crippen LogP contribution in [0.2, 0.25) is 0 Å². The number of halogens is 3. The lowest BCUT2D eigenvalue weighted by Gasteiger charge is -2.32. The summed E-state index contributed by atoms with van der Waals surface area (Å²) in [5.74, 6) is 0.00924. The van der Waals surface area contributed by atoms with Gasteiger partial charge in [0.15, 0.2) is 17.3 Å². The minimum Gasteiger partial charge on any atom is -0.466 e. The van der Waals surface area contributed by atoms with Crippen LogP contribution in [0.3, 0.4) is 0 Å². The Bertz CT molecular complexity index is 931. The van der Waals surface area contributed by atoms with Crippen molar-refractivity contribution in [3.63, 3.8) is 0 Å². The number of hydrogen-bond acceptors (Lipinski definition) is 8. The Morgan fingerprint density at radius 3 is 2.68 bits per heavy atom. The normalized spacial score (nSPS) is 14.9. The fourth-order valence-corrected chi connectivity index (χ4v) is 3.44. The summed E-state index contributed by atoms with van der Waals surface area (Å²) in [5, 5.41) is 5.92. The molecule has 1 aromatic heterocycles. The molecule has 11 heteroatoms. The monoisotopic (exact) mass is 437 g/mol. The Morgan fingerprint density at radius 1 is 1.29 bits per heavy atom. The second-order valence-electron chi connectivity index (χ2n) is 7.05. The van der Waals surface area contributed by atoms with Crippen molar-refractivity contribution in [3.05, 3.63) is 46.6 Å². The molecule has 1 N–H and O–H groups in total. The van der Waals surface area contributed by atoms with Gasteiger partial charge in [0, 0.05) is 19.6 Å². The van der Waals surface area contributed by atoms with E-state index in [0.29, 0.717) is 43.9 Å². The first-order valence-electron chi connectivity index (χ1n) is 9.83. The van der Waals surface area contributed by atoms with Crippen LogP contribution in [0.1, 0.15) is 30.9 Å². The lowest BCUT2D eigenvalue weighted by Crippen LogP contribution is -2.37. The molecule has 1 saturated heterocycles. The quantitative estimate of drug-likeness (QED) is 0.510. The standard InChI is InChI=1S/C20H22F3N5O3/c1-2-31-19(29)14-6-8-28(9-7-14)18-16(27-30)17(25-12-26-18)24-11-13-4-3-5-15(10-13)20(21,22)23/h3-5,10,12,14H,2,6-9,11H2,1H3,(H,24,25,26). The third-order valence-electron chi connectivity index (χ3n) is 5.02. The molecule has 3 rings (SSSR count). The van der Waals surface area contributed by atoms with Crippen LogP contribution in [0, 0.1) is 10.8 Å². The zero-order valence-electron chi connectivity index (χ0n) is 16.9. The summed E-state index contributed by atoms with van der Waals surface area (Å²) in [7, 11) is 0. The van der Waals surface area contributed by atoms with E-state index in [4.69, 9.17) is 4.74 Å². The van der Waals surface area contributed by atoms with Crippen LogP contribution < -0.4 is 10.2 Å². The number of hydrogen-bond donors (Lipinski definition) is 1. The van der Waals surface area contributed by atoms with E-state index < -0.39 is 11.7 Å². The molecule has 0 amide bonds. The van der Waals surface area contributed by atoms with Crippen LogP contribution in [0.5, 0.6) is 0 Å². The summed E-state index contributed by atoms with van der Waals surface area (Å²) in [6.07, 6.45) is -2.08. The minimum atomic E-state index is -4.44. The summed E-state index contributed by atoms with van der Waals surface area (Å²) in [5.41, 5.74) is -0.403. The van der Waals surface area contributed by atoms with Gasteiger partial charge in [-0.2, -0.15) is 13.2 Å². The average Bonchev–Trinajstić information content (AvgIpc) is 2.77. The molecule has 1 aromatic carbocycles. The third kappa shape index (κ3) is 5.47. The number of alkyl halides is 3. The number of carbonyl (C=O) groups excluding carboxylic acids is 1. The smallest absolute Gasteiger partial charge is 0.416 e. The Morgan fingerprint density at radius 2 is 2.03 bits per heavy atom. The summed E-state index contributed by atoms with van der Waals surface area (Å²) in [6.45, 7) is 3.06. The van der Waals surface area contributed by atoms with E-state index in [-0.39, 0.29) is 29.9 Å².